The molecule has 19 heavy (non-hydrogen) atoms. The van der Waals surface area contributed by atoms with Crippen molar-refractivity contribution in [1.82, 2.24) is 0 Å². The van der Waals surface area contributed by atoms with Crippen LogP contribution in [0.15, 0.2) is 48.5 Å². The predicted octanol–water partition coefficient (Wildman–Crippen LogP) is 3.02. The first kappa shape index (κ1) is 12.7. The van der Waals surface area contributed by atoms with Crippen LogP contribution in [0.4, 0.5) is 11.4 Å². The quantitative estimate of drug-likeness (QED) is 0.911. The van der Waals surface area contributed by atoms with Gasteiger partial charge in [-0.1, -0.05) is 12.1 Å². The molecule has 0 radical (unpaired) electrons. The molecule has 0 aromatic heterocycles. The summed E-state index contributed by atoms with van der Waals surface area (Å²) >= 11 is 0. The molecule has 2 aromatic rings. The summed E-state index contributed by atoms with van der Waals surface area (Å²) in [5, 5.41) is 17.9. The van der Waals surface area contributed by atoms with Gasteiger partial charge in [0, 0.05) is 12.7 Å². The first-order chi connectivity index (χ1) is 9.13. The summed E-state index contributed by atoms with van der Waals surface area (Å²) in [4.78, 5) is 13.0. The van der Waals surface area contributed by atoms with E-state index in [0.717, 1.165) is 5.69 Å². The number of carboxylic acid groups (broad SMARTS) is 1. The molecule has 0 saturated heterocycles. The van der Waals surface area contributed by atoms with Gasteiger partial charge >= 0.3 is 5.97 Å². The lowest BCUT2D eigenvalue weighted by Crippen LogP contribution is -2.13. The van der Waals surface area contributed by atoms with Crippen LogP contribution in [-0.2, 0) is 0 Å². The van der Waals surface area contributed by atoms with E-state index in [1.54, 1.807) is 60.5 Å². The maximum atomic E-state index is 11.2. The minimum absolute atomic E-state index is 0.245. The van der Waals surface area contributed by atoms with Crippen molar-refractivity contribution < 1.29 is 9.90 Å². The fourth-order valence-electron chi connectivity index (χ4n) is 1.85. The molecule has 2 aromatic carbocycles. The summed E-state index contributed by atoms with van der Waals surface area (Å²) in [5.41, 5.74) is 2.26. The Morgan fingerprint density at radius 2 is 1.79 bits per heavy atom. The van der Waals surface area contributed by atoms with E-state index in [1.807, 2.05) is 6.07 Å². The molecule has 0 atom stereocenters. The molecule has 4 heteroatoms. The number of nitriles is 1. The largest absolute Gasteiger partial charge is 0.478 e. The molecule has 0 heterocycles. The van der Waals surface area contributed by atoms with Crippen LogP contribution in [0.25, 0.3) is 0 Å². The normalized spacial score (nSPS) is 9.68. The summed E-state index contributed by atoms with van der Waals surface area (Å²) in [5.74, 6) is -0.962. The lowest BCUT2D eigenvalue weighted by molar-refractivity contribution is 0.0697. The summed E-state index contributed by atoms with van der Waals surface area (Å²) in [6.45, 7) is 0. The van der Waals surface area contributed by atoms with Gasteiger partial charge in [0.25, 0.3) is 0 Å². The van der Waals surface area contributed by atoms with Crippen LogP contribution in [0.1, 0.15) is 15.9 Å². The highest BCUT2D eigenvalue weighted by atomic mass is 16.4. The van der Waals surface area contributed by atoms with E-state index in [0.29, 0.717) is 11.3 Å². The third-order valence-corrected chi connectivity index (χ3v) is 2.88. The number of hydrogen-bond acceptors (Lipinski definition) is 3. The molecule has 1 N–H and O–H groups in total. The van der Waals surface area contributed by atoms with Crippen molar-refractivity contribution in [3.05, 3.63) is 59.7 Å². The van der Waals surface area contributed by atoms with Crippen LogP contribution in [0.2, 0.25) is 0 Å². The van der Waals surface area contributed by atoms with Crippen molar-refractivity contribution >= 4 is 17.3 Å². The minimum atomic E-state index is -0.962. The number of benzene rings is 2. The van der Waals surface area contributed by atoms with Crippen molar-refractivity contribution in [3.63, 3.8) is 0 Å². The molecule has 2 rings (SSSR count). The number of aromatic carboxylic acids is 1. The Hall–Kier alpha value is -2.80. The molecule has 0 aliphatic heterocycles. The summed E-state index contributed by atoms with van der Waals surface area (Å²) in [6, 6.07) is 15.8. The summed E-state index contributed by atoms with van der Waals surface area (Å²) in [6.07, 6.45) is 0. The molecule has 0 saturated carbocycles. The molecular weight excluding hydrogens is 240 g/mol. The van der Waals surface area contributed by atoms with Crippen LogP contribution in [0.3, 0.4) is 0 Å². The van der Waals surface area contributed by atoms with Crippen LogP contribution >= 0.6 is 0 Å². The zero-order valence-corrected chi connectivity index (χ0v) is 10.4. The molecule has 0 unspecified atom stereocenters. The first-order valence-corrected chi connectivity index (χ1v) is 5.69. The molecule has 0 aliphatic carbocycles. The maximum absolute atomic E-state index is 11.2. The Bertz CT molecular complexity index is 642. The smallest absolute Gasteiger partial charge is 0.337 e. The Kier molecular flexibility index (Phi) is 3.48. The maximum Gasteiger partial charge on any atom is 0.337 e. The molecule has 94 valence electrons. The number of carbonyl (C=O) groups is 1. The Morgan fingerprint density at radius 3 is 2.37 bits per heavy atom. The van der Waals surface area contributed by atoms with Gasteiger partial charge in [0.1, 0.15) is 0 Å². The van der Waals surface area contributed by atoms with Gasteiger partial charge in [0.05, 0.1) is 22.9 Å². The second kappa shape index (κ2) is 5.23. The number of rotatable bonds is 3. The highest BCUT2D eigenvalue weighted by Crippen LogP contribution is 2.27. The van der Waals surface area contributed by atoms with Crippen molar-refractivity contribution in [3.8, 4) is 6.07 Å². The average Bonchev–Trinajstić information content (AvgIpc) is 2.46. The predicted molar refractivity (Wildman–Crippen MR) is 72.6 cm³/mol. The fraction of sp³-hybridized carbons (Fsp3) is 0.0667. The van der Waals surface area contributed by atoms with E-state index < -0.39 is 5.97 Å². The van der Waals surface area contributed by atoms with Crippen molar-refractivity contribution in [2.75, 3.05) is 11.9 Å². The van der Waals surface area contributed by atoms with Gasteiger partial charge in [-0.2, -0.15) is 5.26 Å². The molecular formula is C15H12N2O2. The van der Waals surface area contributed by atoms with Gasteiger partial charge in [-0.3, -0.25) is 0 Å². The standard InChI is InChI=1S/C15H12N2O2/c1-17(12-8-6-11(10-16)7-9-12)14-5-3-2-4-13(14)15(18)19/h2-9H,1H3,(H,18,19). The fourth-order valence-corrected chi connectivity index (χ4v) is 1.85. The number of anilines is 2. The van der Waals surface area contributed by atoms with Crippen LogP contribution in [0, 0.1) is 11.3 Å². The van der Waals surface area contributed by atoms with Gasteiger partial charge in [-0.15, -0.1) is 0 Å². The Balaban J connectivity index is 2.41. The van der Waals surface area contributed by atoms with E-state index in [2.05, 4.69) is 0 Å². The van der Waals surface area contributed by atoms with Gasteiger partial charge < -0.3 is 10.0 Å². The second-order valence-electron chi connectivity index (χ2n) is 4.04. The molecule has 0 spiro atoms. The number of nitrogens with zero attached hydrogens (tertiary/aromatic N) is 2. The minimum Gasteiger partial charge on any atom is -0.478 e. The lowest BCUT2D eigenvalue weighted by Gasteiger charge is -2.21. The average molecular weight is 252 g/mol. The number of para-hydroxylation sites is 1. The van der Waals surface area contributed by atoms with Crippen molar-refractivity contribution in [1.29, 1.82) is 5.26 Å². The Morgan fingerprint density at radius 1 is 1.16 bits per heavy atom. The monoisotopic (exact) mass is 252 g/mol. The van der Waals surface area contributed by atoms with Gasteiger partial charge in [0.2, 0.25) is 0 Å². The van der Waals surface area contributed by atoms with E-state index in [9.17, 15) is 9.90 Å². The molecule has 0 fully saturated rings. The number of carboxylic acids is 1. The summed E-state index contributed by atoms with van der Waals surface area (Å²) in [7, 11) is 1.79. The topological polar surface area (TPSA) is 64.3 Å². The second-order valence-corrected chi connectivity index (χ2v) is 4.04. The van der Waals surface area contributed by atoms with Crippen LogP contribution in [-0.4, -0.2) is 18.1 Å². The highest BCUT2D eigenvalue weighted by molar-refractivity contribution is 5.95. The van der Waals surface area contributed by atoms with E-state index in [-0.39, 0.29) is 5.56 Å². The zero-order valence-electron chi connectivity index (χ0n) is 10.4. The highest BCUT2D eigenvalue weighted by Gasteiger charge is 2.13. The van der Waals surface area contributed by atoms with E-state index >= 15 is 0 Å². The van der Waals surface area contributed by atoms with Gasteiger partial charge in [0.15, 0.2) is 0 Å². The number of hydrogen-bond donors (Lipinski definition) is 1. The molecule has 4 nitrogen and oxygen atoms in total. The van der Waals surface area contributed by atoms with Crippen LogP contribution in [0.5, 0.6) is 0 Å². The molecule has 0 bridgehead atoms. The van der Waals surface area contributed by atoms with E-state index in [4.69, 9.17) is 5.26 Å². The SMILES string of the molecule is CN(c1ccc(C#N)cc1)c1ccccc1C(=O)O. The molecule has 0 amide bonds. The first-order valence-electron chi connectivity index (χ1n) is 5.69. The lowest BCUT2D eigenvalue weighted by atomic mass is 10.1. The third kappa shape index (κ3) is 2.55. The van der Waals surface area contributed by atoms with Gasteiger partial charge in [-0.25, -0.2) is 4.79 Å². The summed E-state index contributed by atoms with van der Waals surface area (Å²) < 4.78 is 0. The third-order valence-electron chi connectivity index (χ3n) is 2.88. The zero-order chi connectivity index (χ0) is 13.8. The Labute approximate surface area is 111 Å². The van der Waals surface area contributed by atoms with E-state index in [1.165, 1.54) is 0 Å². The van der Waals surface area contributed by atoms with Crippen molar-refractivity contribution in [2.24, 2.45) is 0 Å². The van der Waals surface area contributed by atoms with Crippen LogP contribution < -0.4 is 4.90 Å². The van der Waals surface area contributed by atoms with Gasteiger partial charge in [-0.05, 0) is 36.4 Å². The van der Waals surface area contributed by atoms with Crippen molar-refractivity contribution in [2.45, 2.75) is 0 Å². The molecule has 0 aliphatic rings.